The second-order valence-corrected chi connectivity index (χ2v) is 27.7. The molecule has 3 aliphatic rings. The van der Waals surface area contributed by atoms with Crippen LogP contribution in [0, 0.1) is 0 Å². The van der Waals surface area contributed by atoms with Crippen molar-refractivity contribution in [3.8, 4) is 17.3 Å². The average Bonchev–Trinajstić information content (AvgIpc) is 4.12. The van der Waals surface area contributed by atoms with E-state index in [2.05, 4.69) is 230 Å². The van der Waals surface area contributed by atoms with Gasteiger partial charge in [0.15, 0.2) is 0 Å². The van der Waals surface area contributed by atoms with Crippen LogP contribution in [-0.2, 0) is 38.3 Å². The van der Waals surface area contributed by atoms with Crippen molar-refractivity contribution < 1.29 is 32.2 Å². The fourth-order valence-electron chi connectivity index (χ4n) is 10.2. The second kappa shape index (κ2) is 19.7. The highest BCUT2D eigenvalue weighted by Gasteiger charge is 2.55. The average molecular weight is 1030 g/mol. The van der Waals surface area contributed by atoms with Crippen LogP contribution in [0.25, 0.3) is 27.6 Å². The number of anilines is 4. The number of nitrogens with zero attached hydrogens (tertiary/aromatic N) is 5. The Bertz CT molecular complexity index is 3220. The van der Waals surface area contributed by atoms with Crippen molar-refractivity contribution in [2.45, 2.75) is 157 Å². The third kappa shape index (κ3) is 11.0. The summed E-state index contributed by atoms with van der Waals surface area (Å²) >= 11 is 0. The number of pyridine rings is 2. The molecule has 0 radical (unpaired) electrons. The van der Waals surface area contributed by atoms with Gasteiger partial charge in [0.1, 0.15) is 24.0 Å². The van der Waals surface area contributed by atoms with Gasteiger partial charge in [-0.05, 0) is 85.7 Å². The molecule has 0 N–H and O–H groups in total. The van der Waals surface area contributed by atoms with Crippen LogP contribution in [-0.4, -0.2) is 63.9 Å². The molecule has 2 fully saturated rings. The molecule has 0 unspecified atom stereocenters. The number of fused-ring (bicyclic) bond motifs is 4. The molecule has 10 rings (SSSR count). The lowest BCUT2D eigenvalue weighted by molar-refractivity contribution is 0.250. The summed E-state index contributed by atoms with van der Waals surface area (Å²) in [7, 11) is -3.99. The maximum Gasteiger partial charge on any atom is 0.468 e. The number of ether oxygens (including phenoxy) is 1. The Kier molecular flexibility index (Phi) is 14.0. The van der Waals surface area contributed by atoms with Crippen LogP contribution in [0.3, 0.4) is 0 Å². The zero-order chi connectivity index (χ0) is 55.4. The van der Waals surface area contributed by atoms with E-state index in [4.69, 9.17) is 42.1 Å². The van der Waals surface area contributed by atoms with E-state index in [1.54, 1.807) is 6.20 Å². The van der Waals surface area contributed by atoms with Gasteiger partial charge in [-0.3, -0.25) is 9.55 Å². The highest BCUT2D eigenvalue weighted by molar-refractivity contribution is 6.84. The van der Waals surface area contributed by atoms with Gasteiger partial charge in [-0.2, -0.15) is 0 Å². The quantitative estimate of drug-likeness (QED) is 0.143. The lowest BCUT2D eigenvalue weighted by atomic mass is 9.49. The first-order valence-electron chi connectivity index (χ1n) is 27.3. The normalized spacial score (nSPS) is 16.4. The van der Waals surface area contributed by atoms with E-state index in [9.17, 15) is 0 Å². The molecule has 3 aliphatic heterocycles. The van der Waals surface area contributed by atoms with E-state index in [-0.39, 0.29) is 32.1 Å². The minimum absolute atomic E-state index is 0.0463. The van der Waals surface area contributed by atoms with Gasteiger partial charge in [-0.25, -0.2) is 4.98 Å². The van der Waals surface area contributed by atoms with Gasteiger partial charge in [0.05, 0.1) is 40.5 Å². The third-order valence-corrected chi connectivity index (χ3v) is 14.6. The number of hydrogen-bond acceptors (Lipinski definition) is 11. The summed E-state index contributed by atoms with van der Waals surface area (Å²) in [5.74, 6) is 2.14. The SMILES string of the molecule is CC(C)(C)B1OB(c2cc(C(C)(C)C)cc(B3OB(C(C)(C)C)OB(C(C)(C)C)O3)c2N2CN(c3cncc(Oc4ccc5c6ccccc6n(-c6cc(C(C)(C)C)ccn6)c5c4)c3)c3ccccc32)OB(C(C)(C)C)O1. The molecule has 12 nitrogen and oxygen atoms in total. The van der Waals surface area contributed by atoms with Gasteiger partial charge in [0, 0.05) is 45.7 Å². The minimum atomic E-state index is -0.834. The molecule has 0 aliphatic carbocycles. The molecule has 18 heteroatoms. The molecule has 2 saturated heterocycles. The van der Waals surface area contributed by atoms with Gasteiger partial charge in [-0.1, -0.05) is 167 Å². The zero-order valence-corrected chi connectivity index (χ0v) is 48.7. The lowest BCUT2D eigenvalue weighted by Crippen LogP contribution is -2.62. The summed E-state index contributed by atoms with van der Waals surface area (Å²) in [6.07, 6.45) is 5.57. The summed E-state index contributed by atoms with van der Waals surface area (Å²) in [6, 6.07) is 34.1. The Labute approximate surface area is 460 Å². The molecule has 77 heavy (non-hydrogen) atoms. The number of rotatable bonds is 7. The first-order chi connectivity index (χ1) is 35.9. The molecule has 396 valence electrons. The highest BCUT2D eigenvalue weighted by Crippen LogP contribution is 2.47. The number of hydrogen-bond donors (Lipinski definition) is 0. The van der Waals surface area contributed by atoms with Crippen LogP contribution in [0.2, 0.25) is 21.3 Å². The standard InChI is InChI=1S/C59H75B6N5O7/c1-54(2,3)39-29-30-67-52(33-39)70-48-24-20-19-23-44(48)45-28-27-42(35-51(45)70)71-43-34-41(36-66-37-43)68-38-69(50-26-22-21-25-49(50)68)53-46(60-72-62(56(7,8)9)76-63(73-60)57(10,11)12)31-40(55(4,5)6)32-47(53)61-74-64(58(13,14)15)77-65(75-61)59(16,17)18/h19-37H,38H2,1-18H3. The Balaban J connectivity index is 1.09. The molecule has 4 aromatic carbocycles. The Morgan fingerprint density at radius 2 is 0.974 bits per heavy atom. The smallest absolute Gasteiger partial charge is 0.456 e. The molecule has 0 bridgehead atoms. The van der Waals surface area contributed by atoms with E-state index < -0.39 is 42.7 Å². The molecule has 0 atom stereocenters. The van der Waals surface area contributed by atoms with E-state index in [1.165, 1.54) is 5.56 Å². The molecule has 3 aromatic heterocycles. The van der Waals surface area contributed by atoms with Gasteiger partial charge >= 0.3 is 42.7 Å². The topological polar surface area (TPSA) is 102 Å². The fraction of sp³-hybridized carbons (Fsp3) is 0.424. The molecule has 6 heterocycles. The van der Waals surface area contributed by atoms with Crippen molar-refractivity contribution in [1.82, 2.24) is 14.5 Å². The van der Waals surface area contributed by atoms with Crippen LogP contribution in [0.4, 0.5) is 22.7 Å². The predicted molar refractivity (Wildman–Crippen MR) is 321 cm³/mol. The van der Waals surface area contributed by atoms with Crippen LogP contribution in [0.5, 0.6) is 11.5 Å². The highest BCUT2D eigenvalue weighted by atomic mass is 16.7. The Morgan fingerprint density at radius 3 is 1.51 bits per heavy atom. The maximum absolute atomic E-state index is 7.07. The molecular weight excluding hydrogens is 956 g/mol. The molecule has 0 spiro atoms. The van der Waals surface area contributed by atoms with Crippen molar-refractivity contribution in [3.05, 3.63) is 127 Å². The van der Waals surface area contributed by atoms with Gasteiger partial charge in [0.2, 0.25) is 0 Å². The van der Waals surface area contributed by atoms with E-state index in [0.29, 0.717) is 18.2 Å². The molecule has 7 aromatic rings. The van der Waals surface area contributed by atoms with Crippen LogP contribution in [0.15, 0.2) is 116 Å². The maximum atomic E-state index is 7.07. The summed E-state index contributed by atoms with van der Waals surface area (Å²) in [5, 5.41) is 0.760. The van der Waals surface area contributed by atoms with Crippen molar-refractivity contribution in [3.63, 3.8) is 0 Å². The number of benzene rings is 4. The van der Waals surface area contributed by atoms with Crippen molar-refractivity contribution in [1.29, 1.82) is 0 Å². The number of aromatic nitrogens is 3. The van der Waals surface area contributed by atoms with Gasteiger partial charge < -0.3 is 42.0 Å². The Hall–Kier alpha value is -5.47. The zero-order valence-electron chi connectivity index (χ0n) is 48.7. The van der Waals surface area contributed by atoms with Crippen LogP contribution < -0.4 is 25.5 Å². The molecule has 0 amide bonds. The minimum Gasteiger partial charge on any atom is -0.456 e. The molecular formula is C59H75B6N5O7. The van der Waals surface area contributed by atoms with E-state index in [1.807, 2.05) is 18.5 Å². The lowest BCUT2D eigenvalue weighted by Gasteiger charge is -2.43. The van der Waals surface area contributed by atoms with Crippen LogP contribution in [0.1, 0.15) is 136 Å². The van der Waals surface area contributed by atoms with Crippen molar-refractivity contribution in [2.75, 3.05) is 16.5 Å². The van der Waals surface area contributed by atoms with Crippen LogP contribution >= 0.6 is 0 Å². The summed E-state index contributed by atoms with van der Waals surface area (Å²) in [6.45, 7) is 39.5. The Morgan fingerprint density at radius 1 is 0.468 bits per heavy atom. The largest absolute Gasteiger partial charge is 0.468 e. The van der Waals surface area contributed by atoms with E-state index in [0.717, 1.165) is 66.9 Å². The third-order valence-electron chi connectivity index (χ3n) is 14.6. The summed E-state index contributed by atoms with van der Waals surface area (Å²) < 4.78 is 50.7. The van der Waals surface area contributed by atoms with Gasteiger partial charge in [0.25, 0.3) is 0 Å². The number of para-hydroxylation sites is 3. The van der Waals surface area contributed by atoms with Crippen molar-refractivity contribution >= 4 is 98.2 Å². The monoisotopic (exact) mass is 1030 g/mol. The fourth-order valence-corrected chi connectivity index (χ4v) is 10.2. The van der Waals surface area contributed by atoms with Crippen molar-refractivity contribution in [2.24, 2.45) is 0 Å². The van der Waals surface area contributed by atoms with Gasteiger partial charge in [-0.15, -0.1) is 0 Å². The summed E-state index contributed by atoms with van der Waals surface area (Å²) in [5.41, 5.74) is 9.39. The second-order valence-electron chi connectivity index (χ2n) is 27.7. The first-order valence-corrected chi connectivity index (χ1v) is 27.3. The molecule has 0 saturated carbocycles. The predicted octanol–water partition coefficient (Wildman–Crippen LogP) is 13.9. The first kappa shape index (κ1) is 54.9. The summed E-state index contributed by atoms with van der Waals surface area (Å²) in [4.78, 5) is 14.4. The van der Waals surface area contributed by atoms with E-state index >= 15 is 0 Å².